The van der Waals surface area contributed by atoms with E-state index in [0.29, 0.717) is 22.5 Å². The minimum Gasteiger partial charge on any atom is -0.506 e. The Labute approximate surface area is 269 Å². The van der Waals surface area contributed by atoms with Crippen molar-refractivity contribution in [2.45, 2.75) is 86.1 Å². The highest BCUT2D eigenvalue weighted by molar-refractivity contribution is 5.98. The molecular weight excluding hydrogens is 624 g/mol. The van der Waals surface area contributed by atoms with Gasteiger partial charge >= 0.3 is 17.9 Å². The molecule has 0 atom stereocenters. The third-order valence-corrected chi connectivity index (χ3v) is 5.85. The van der Waals surface area contributed by atoms with Crippen LogP contribution in [0.3, 0.4) is 0 Å². The summed E-state index contributed by atoms with van der Waals surface area (Å²) in [5.41, 5.74) is 3.53. The maximum absolute atomic E-state index is 12.0. The zero-order valence-electron chi connectivity index (χ0n) is 27.4. The van der Waals surface area contributed by atoms with Crippen molar-refractivity contribution in [3.05, 3.63) is 54.3 Å². The van der Waals surface area contributed by atoms with Gasteiger partial charge in [0.2, 0.25) is 0 Å². The molecule has 0 radical (unpaired) electrons. The van der Waals surface area contributed by atoms with Crippen LogP contribution in [0.5, 0.6) is 11.5 Å². The van der Waals surface area contributed by atoms with Crippen LogP contribution in [0.1, 0.15) is 91.7 Å². The average Bonchev–Trinajstić information content (AvgIpc) is 3.61. The Kier molecular flexibility index (Phi) is 13.2. The number of ether oxygens (including phenoxy) is 5. The Bertz CT molecular complexity index is 1600. The van der Waals surface area contributed by atoms with Crippen LogP contribution in [0.25, 0.3) is 0 Å². The van der Waals surface area contributed by atoms with E-state index in [2.05, 4.69) is 20.0 Å². The van der Waals surface area contributed by atoms with Gasteiger partial charge in [0.1, 0.15) is 34.8 Å². The SMILES string of the molecule is CC(C)(C)OC(=O)CN.CC(C)(C)OC(=O)CNC(=O)c1c(O)c2c([nH]c1=O)COC2.CCOC(=O)c1c(O)c2c([nH]c1=O)COC2. The molecule has 4 heterocycles. The molecule has 47 heavy (non-hydrogen) atoms. The highest BCUT2D eigenvalue weighted by Gasteiger charge is 2.27. The van der Waals surface area contributed by atoms with Gasteiger partial charge in [-0.05, 0) is 48.5 Å². The summed E-state index contributed by atoms with van der Waals surface area (Å²) < 4.78 is 24.7. The molecule has 0 bridgehead atoms. The summed E-state index contributed by atoms with van der Waals surface area (Å²) >= 11 is 0. The Morgan fingerprint density at radius 2 is 1.23 bits per heavy atom. The van der Waals surface area contributed by atoms with Crippen molar-refractivity contribution < 1.29 is 53.1 Å². The van der Waals surface area contributed by atoms with Crippen molar-refractivity contribution in [3.63, 3.8) is 0 Å². The zero-order valence-corrected chi connectivity index (χ0v) is 27.4. The third kappa shape index (κ3) is 11.2. The van der Waals surface area contributed by atoms with E-state index in [-0.39, 0.29) is 56.9 Å². The number of esters is 3. The second-order valence-electron chi connectivity index (χ2n) is 12.0. The number of amides is 1. The van der Waals surface area contributed by atoms with E-state index in [1.165, 1.54) is 0 Å². The Morgan fingerprint density at radius 3 is 1.66 bits per heavy atom. The van der Waals surface area contributed by atoms with Gasteiger partial charge in [-0.3, -0.25) is 24.0 Å². The monoisotopic (exact) mass is 666 g/mol. The summed E-state index contributed by atoms with van der Waals surface area (Å²) in [6.45, 7) is 12.6. The lowest BCUT2D eigenvalue weighted by atomic mass is 10.1. The summed E-state index contributed by atoms with van der Waals surface area (Å²) in [5.74, 6) is -3.42. The van der Waals surface area contributed by atoms with Gasteiger partial charge in [-0.2, -0.15) is 0 Å². The van der Waals surface area contributed by atoms with Gasteiger partial charge in [0, 0.05) is 11.1 Å². The van der Waals surface area contributed by atoms with Gasteiger partial charge in [0.25, 0.3) is 17.0 Å². The normalized spacial score (nSPS) is 13.1. The van der Waals surface area contributed by atoms with E-state index < -0.39 is 58.0 Å². The number of H-pyrrole nitrogens is 2. The van der Waals surface area contributed by atoms with Crippen molar-refractivity contribution in [3.8, 4) is 11.5 Å². The van der Waals surface area contributed by atoms with Gasteiger partial charge < -0.3 is 54.9 Å². The third-order valence-electron chi connectivity index (χ3n) is 5.85. The molecule has 260 valence electrons. The number of pyridine rings is 2. The minimum atomic E-state index is -0.848. The van der Waals surface area contributed by atoms with E-state index >= 15 is 0 Å². The van der Waals surface area contributed by atoms with Gasteiger partial charge in [-0.15, -0.1) is 0 Å². The molecule has 2 aromatic heterocycles. The molecule has 2 aliphatic rings. The van der Waals surface area contributed by atoms with Crippen molar-refractivity contribution >= 4 is 23.8 Å². The molecular formula is C30H42N4O13. The number of aromatic hydroxyl groups is 2. The first-order chi connectivity index (χ1) is 21.8. The number of fused-ring (bicyclic) bond motifs is 2. The lowest BCUT2D eigenvalue weighted by molar-refractivity contribution is -0.154. The second kappa shape index (κ2) is 16.2. The van der Waals surface area contributed by atoms with Crippen LogP contribution >= 0.6 is 0 Å². The largest absolute Gasteiger partial charge is 0.506 e. The van der Waals surface area contributed by atoms with Gasteiger partial charge in [0.15, 0.2) is 5.56 Å². The van der Waals surface area contributed by atoms with Crippen LogP contribution in [0.4, 0.5) is 0 Å². The number of hydrogen-bond donors (Lipinski definition) is 6. The summed E-state index contributed by atoms with van der Waals surface area (Å²) in [7, 11) is 0. The zero-order chi connectivity index (χ0) is 35.7. The Hall–Kier alpha value is -4.74. The molecule has 1 amide bonds. The van der Waals surface area contributed by atoms with Crippen LogP contribution in [0, 0.1) is 0 Å². The molecule has 0 unspecified atom stereocenters. The molecule has 2 aliphatic heterocycles. The van der Waals surface area contributed by atoms with Crippen LogP contribution in [0.15, 0.2) is 9.59 Å². The van der Waals surface area contributed by atoms with Gasteiger partial charge in [-0.25, -0.2) is 4.79 Å². The summed E-state index contributed by atoms with van der Waals surface area (Å²) in [5, 5.41) is 22.1. The molecule has 0 saturated carbocycles. The Morgan fingerprint density at radius 1 is 0.787 bits per heavy atom. The predicted octanol–water partition coefficient (Wildman–Crippen LogP) is 0.756. The summed E-state index contributed by atoms with van der Waals surface area (Å²) in [6, 6.07) is 0. The van der Waals surface area contributed by atoms with Gasteiger partial charge in [0.05, 0.1) is 51.0 Å². The van der Waals surface area contributed by atoms with E-state index in [0.717, 1.165) is 0 Å². The maximum atomic E-state index is 12.0. The molecule has 2 aromatic rings. The standard InChI is InChI=1S/C14H18N2O6.C10H11NO5.C6H13NO2/c1-14(2,3)22-9(17)4-15-12(19)10-11(18)7-5-21-6-8(7)16-13(10)20;1-2-16-10(14)7-8(12)5-3-15-4-6(5)11-9(7)13;1-6(2,3)9-5(8)4-7/h4-6H2,1-3H3,(H,15,19)(H2,16,18,20);2-4H2,1H3,(H2,11,12,13);4,7H2,1-3H3. The first-order valence-electron chi connectivity index (χ1n) is 14.5. The van der Waals surface area contributed by atoms with E-state index in [9.17, 15) is 39.0 Å². The number of carbonyl (C=O) groups excluding carboxylic acids is 4. The van der Waals surface area contributed by atoms with E-state index in [4.69, 9.17) is 24.7 Å². The molecule has 0 fully saturated rings. The number of nitrogens with one attached hydrogen (secondary N) is 3. The van der Waals surface area contributed by atoms with Crippen LogP contribution in [-0.2, 0) is 59.7 Å². The molecule has 0 aliphatic carbocycles. The first-order valence-corrected chi connectivity index (χ1v) is 14.5. The fourth-order valence-electron chi connectivity index (χ4n) is 4.03. The number of hydrogen-bond acceptors (Lipinski definition) is 14. The molecule has 0 aromatic carbocycles. The van der Waals surface area contributed by atoms with Crippen LogP contribution in [-0.4, -0.2) is 74.9 Å². The van der Waals surface area contributed by atoms with Gasteiger partial charge in [-0.1, -0.05) is 0 Å². The van der Waals surface area contributed by atoms with Crippen LogP contribution in [0.2, 0.25) is 0 Å². The fourth-order valence-corrected chi connectivity index (χ4v) is 4.03. The fraction of sp³-hybridized carbons (Fsp3) is 0.533. The number of nitrogens with two attached hydrogens (primary N) is 1. The molecule has 17 heteroatoms. The smallest absolute Gasteiger partial charge is 0.347 e. The van der Waals surface area contributed by atoms with Crippen molar-refractivity contribution in [1.82, 2.24) is 15.3 Å². The number of aromatic amines is 2. The molecule has 0 saturated heterocycles. The lowest BCUT2D eigenvalue weighted by Gasteiger charge is -2.19. The topological polar surface area (TPSA) is 259 Å². The summed E-state index contributed by atoms with van der Waals surface area (Å²) in [6.07, 6.45) is 0. The van der Waals surface area contributed by atoms with E-state index in [1.807, 2.05) is 0 Å². The quantitative estimate of drug-likeness (QED) is 0.184. The highest BCUT2D eigenvalue weighted by atomic mass is 16.6. The first kappa shape index (κ1) is 38.4. The number of rotatable bonds is 6. The Balaban J connectivity index is 0.000000269. The maximum Gasteiger partial charge on any atom is 0.347 e. The van der Waals surface area contributed by atoms with E-state index in [1.54, 1.807) is 48.5 Å². The van der Waals surface area contributed by atoms with Crippen LogP contribution < -0.4 is 22.2 Å². The summed E-state index contributed by atoms with van der Waals surface area (Å²) in [4.78, 5) is 73.9. The molecule has 4 rings (SSSR count). The molecule has 17 nitrogen and oxygen atoms in total. The molecule has 7 N–H and O–H groups in total. The highest BCUT2D eigenvalue weighted by Crippen LogP contribution is 2.29. The van der Waals surface area contributed by atoms with Crippen molar-refractivity contribution in [2.75, 3.05) is 19.7 Å². The minimum absolute atomic E-state index is 0.0444. The molecule has 0 spiro atoms. The predicted molar refractivity (Wildman–Crippen MR) is 163 cm³/mol. The van der Waals surface area contributed by atoms with Crippen molar-refractivity contribution in [2.24, 2.45) is 5.73 Å². The number of aromatic nitrogens is 2. The second-order valence-corrected chi connectivity index (χ2v) is 12.0. The number of carbonyl (C=O) groups is 4. The lowest BCUT2D eigenvalue weighted by Crippen LogP contribution is -2.37. The average molecular weight is 667 g/mol. The van der Waals surface area contributed by atoms with Crippen molar-refractivity contribution in [1.29, 1.82) is 0 Å².